The molecule has 0 atom stereocenters. The first-order valence-electron chi connectivity index (χ1n) is 6.44. The van der Waals surface area contributed by atoms with Crippen LogP contribution in [-0.2, 0) is 4.79 Å². The summed E-state index contributed by atoms with van der Waals surface area (Å²) in [5, 5.41) is 8.55. The molecule has 1 aromatic heterocycles. The van der Waals surface area contributed by atoms with Crippen LogP contribution in [0.5, 0.6) is 11.8 Å². The van der Waals surface area contributed by atoms with Crippen LogP contribution < -0.4 is 4.74 Å². The van der Waals surface area contributed by atoms with Gasteiger partial charge in [-0.15, -0.1) is 0 Å². The third kappa shape index (κ3) is 3.89. The van der Waals surface area contributed by atoms with Crippen molar-refractivity contribution in [1.29, 1.82) is 0 Å². The highest BCUT2D eigenvalue weighted by Crippen LogP contribution is 2.26. The van der Waals surface area contributed by atoms with Crippen LogP contribution in [-0.4, -0.2) is 21.0 Å². The topological polar surface area (TPSA) is 72.3 Å². The molecule has 0 amide bonds. The fourth-order valence-electron chi connectivity index (χ4n) is 1.84. The van der Waals surface area contributed by atoms with Crippen LogP contribution in [0.3, 0.4) is 0 Å². The molecule has 21 heavy (non-hydrogen) atoms. The second-order valence-electron chi connectivity index (χ2n) is 4.78. The van der Waals surface area contributed by atoms with Crippen molar-refractivity contribution in [3.05, 3.63) is 52.9 Å². The van der Waals surface area contributed by atoms with Gasteiger partial charge in [-0.05, 0) is 49.6 Å². The number of carboxylic acid groups (broad SMARTS) is 1. The Morgan fingerprint density at radius 3 is 2.48 bits per heavy atom. The molecule has 0 bridgehead atoms. The van der Waals surface area contributed by atoms with Crippen molar-refractivity contribution in [2.24, 2.45) is 0 Å². The summed E-state index contributed by atoms with van der Waals surface area (Å²) in [7, 11) is 0. The molecule has 0 aliphatic rings. The largest absolute Gasteiger partial charge is 0.478 e. The number of carbonyl (C=O) groups is 1. The zero-order valence-corrected chi connectivity index (χ0v) is 12.1. The van der Waals surface area contributed by atoms with E-state index in [0.29, 0.717) is 5.56 Å². The highest BCUT2D eigenvalue weighted by Gasteiger charge is 2.07. The third-order valence-corrected chi connectivity index (χ3v) is 3.03. The predicted octanol–water partition coefficient (Wildman–Crippen LogP) is 3.29. The fraction of sp³-hybridized carbons (Fsp3) is 0.188. The summed E-state index contributed by atoms with van der Waals surface area (Å²) in [6.45, 7) is 6.00. The third-order valence-electron chi connectivity index (χ3n) is 3.03. The van der Waals surface area contributed by atoms with Gasteiger partial charge in [0.2, 0.25) is 0 Å². The number of benzene rings is 1. The number of rotatable bonds is 4. The molecule has 0 spiro atoms. The molecule has 1 N–H and O–H groups in total. The van der Waals surface area contributed by atoms with Gasteiger partial charge in [-0.2, -0.15) is 0 Å². The molecule has 1 heterocycles. The first-order chi connectivity index (χ1) is 9.95. The van der Waals surface area contributed by atoms with Crippen molar-refractivity contribution >= 4 is 12.0 Å². The molecule has 108 valence electrons. The molecule has 0 fully saturated rings. The second kappa shape index (κ2) is 6.17. The number of nitrogens with zero attached hydrogens (tertiary/aromatic N) is 2. The zero-order chi connectivity index (χ0) is 15.4. The zero-order valence-electron chi connectivity index (χ0n) is 12.1. The number of aromatic nitrogens is 2. The molecule has 1 aromatic carbocycles. The van der Waals surface area contributed by atoms with Crippen LogP contribution in [0, 0.1) is 20.8 Å². The van der Waals surface area contributed by atoms with Gasteiger partial charge in [-0.1, -0.05) is 6.07 Å². The van der Waals surface area contributed by atoms with E-state index in [0.717, 1.165) is 28.5 Å². The van der Waals surface area contributed by atoms with E-state index in [4.69, 9.17) is 9.84 Å². The molecule has 5 nitrogen and oxygen atoms in total. The molecule has 0 unspecified atom stereocenters. The normalized spacial score (nSPS) is 10.8. The summed E-state index contributed by atoms with van der Waals surface area (Å²) in [6, 6.07) is 4.25. The van der Waals surface area contributed by atoms with Gasteiger partial charge in [0.15, 0.2) is 0 Å². The van der Waals surface area contributed by atoms with Gasteiger partial charge in [0, 0.05) is 24.0 Å². The van der Waals surface area contributed by atoms with Crippen LogP contribution in [0.15, 0.2) is 30.6 Å². The SMILES string of the molecule is Cc1cc(C)c(C)c(Oc2ncc(/C=C/C(=O)O)cn2)c1. The minimum Gasteiger partial charge on any atom is -0.478 e. The van der Waals surface area contributed by atoms with Gasteiger partial charge in [0.1, 0.15) is 5.75 Å². The van der Waals surface area contributed by atoms with E-state index in [1.807, 2.05) is 26.8 Å². The van der Waals surface area contributed by atoms with Crippen molar-refractivity contribution in [3.63, 3.8) is 0 Å². The summed E-state index contributed by atoms with van der Waals surface area (Å²) in [4.78, 5) is 18.6. The highest BCUT2D eigenvalue weighted by atomic mass is 16.5. The number of hydrogen-bond acceptors (Lipinski definition) is 4. The Kier molecular flexibility index (Phi) is 4.33. The number of hydrogen-bond donors (Lipinski definition) is 1. The summed E-state index contributed by atoms with van der Waals surface area (Å²) < 4.78 is 5.69. The Labute approximate surface area is 122 Å². The lowest BCUT2D eigenvalue weighted by Crippen LogP contribution is -1.96. The lowest BCUT2D eigenvalue weighted by Gasteiger charge is -2.10. The minimum atomic E-state index is -1.01. The first-order valence-corrected chi connectivity index (χ1v) is 6.44. The monoisotopic (exact) mass is 284 g/mol. The van der Waals surface area contributed by atoms with E-state index in [-0.39, 0.29) is 6.01 Å². The van der Waals surface area contributed by atoms with Crippen molar-refractivity contribution in [2.45, 2.75) is 20.8 Å². The van der Waals surface area contributed by atoms with Crippen LogP contribution in [0.4, 0.5) is 0 Å². The molecule has 0 saturated carbocycles. The molecular formula is C16H16N2O3. The van der Waals surface area contributed by atoms with Gasteiger partial charge < -0.3 is 9.84 Å². The number of ether oxygens (including phenoxy) is 1. The molecule has 5 heteroatoms. The number of aliphatic carboxylic acids is 1. The van der Waals surface area contributed by atoms with Gasteiger partial charge >= 0.3 is 12.0 Å². The van der Waals surface area contributed by atoms with Crippen molar-refractivity contribution in [2.75, 3.05) is 0 Å². The van der Waals surface area contributed by atoms with Crippen molar-refractivity contribution in [3.8, 4) is 11.8 Å². The van der Waals surface area contributed by atoms with Gasteiger partial charge in [0.25, 0.3) is 0 Å². The van der Waals surface area contributed by atoms with Crippen LogP contribution in [0.1, 0.15) is 22.3 Å². The Balaban J connectivity index is 2.19. The smallest absolute Gasteiger partial charge is 0.328 e. The lowest BCUT2D eigenvalue weighted by molar-refractivity contribution is -0.131. The van der Waals surface area contributed by atoms with Crippen molar-refractivity contribution in [1.82, 2.24) is 9.97 Å². The summed E-state index contributed by atoms with van der Waals surface area (Å²) >= 11 is 0. The van der Waals surface area contributed by atoms with E-state index in [9.17, 15) is 4.79 Å². The molecule has 0 aliphatic carbocycles. The summed E-state index contributed by atoms with van der Waals surface area (Å²) in [5.74, 6) is -0.289. The molecule has 0 radical (unpaired) electrons. The van der Waals surface area contributed by atoms with E-state index < -0.39 is 5.97 Å². The Morgan fingerprint density at radius 2 is 1.86 bits per heavy atom. The fourth-order valence-corrected chi connectivity index (χ4v) is 1.84. The average molecular weight is 284 g/mol. The number of carboxylic acids is 1. The average Bonchev–Trinajstić information content (AvgIpc) is 2.43. The Hall–Kier alpha value is -2.69. The quantitative estimate of drug-likeness (QED) is 0.872. The van der Waals surface area contributed by atoms with Crippen LogP contribution in [0.25, 0.3) is 6.08 Å². The second-order valence-corrected chi connectivity index (χ2v) is 4.78. The van der Waals surface area contributed by atoms with E-state index in [1.54, 1.807) is 0 Å². The maximum absolute atomic E-state index is 10.4. The molecule has 2 rings (SSSR count). The van der Waals surface area contributed by atoms with Gasteiger partial charge in [-0.3, -0.25) is 0 Å². The summed E-state index contributed by atoms with van der Waals surface area (Å²) in [6.07, 6.45) is 5.49. The maximum Gasteiger partial charge on any atom is 0.328 e. The van der Waals surface area contributed by atoms with E-state index in [1.165, 1.54) is 18.5 Å². The van der Waals surface area contributed by atoms with Gasteiger partial charge in [0.05, 0.1) is 0 Å². The summed E-state index contributed by atoms with van der Waals surface area (Å²) in [5.41, 5.74) is 3.89. The molecular weight excluding hydrogens is 268 g/mol. The predicted molar refractivity (Wildman–Crippen MR) is 79.4 cm³/mol. The van der Waals surface area contributed by atoms with Crippen LogP contribution >= 0.6 is 0 Å². The molecule has 0 aliphatic heterocycles. The van der Waals surface area contributed by atoms with E-state index in [2.05, 4.69) is 16.0 Å². The highest BCUT2D eigenvalue weighted by molar-refractivity contribution is 5.85. The minimum absolute atomic E-state index is 0.232. The van der Waals surface area contributed by atoms with Gasteiger partial charge in [-0.25, -0.2) is 14.8 Å². The maximum atomic E-state index is 10.4. The Bertz CT molecular complexity index is 691. The van der Waals surface area contributed by atoms with Crippen LogP contribution in [0.2, 0.25) is 0 Å². The van der Waals surface area contributed by atoms with Crippen molar-refractivity contribution < 1.29 is 14.6 Å². The molecule has 2 aromatic rings. The first kappa shape index (κ1) is 14.7. The molecule has 0 saturated heterocycles. The lowest BCUT2D eigenvalue weighted by atomic mass is 10.1. The number of aryl methyl sites for hydroxylation is 2. The van der Waals surface area contributed by atoms with E-state index >= 15 is 0 Å². The standard InChI is InChI=1S/C16H16N2O3/c1-10-6-11(2)12(3)14(7-10)21-16-17-8-13(9-18-16)4-5-15(19)20/h4-9H,1-3H3,(H,19,20)/b5-4+. The Morgan fingerprint density at radius 1 is 1.19 bits per heavy atom.